The highest BCUT2D eigenvalue weighted by Gasteiger charge is 2.32. The molecule has 0 spiro atoms. The van der Waals surface area contributed by atoms with Gasteiger partial charge in [0.25, 0.3) is 15.9 Å². The largest absolute Gasteiger partial charge is 0.490 e. The van der Waals surface area contributed by atoms with Crippen LogP contribution in [0.15, 0.2) is 82.6 Å². The van der Waals surface area contributed by atoms with E-state index in [1.807, 2.05) is 20.8 Å². The number of hydrogen-bond donors (Lipinski definition) is 2. The van der Waals surface area contributed by atoms with Crippen molar-refractivity contribution < 1.29 is 36.2 Å². The number of carbonyl (C=O) groups excluding carboxylic acids is 1. The van der Waals surface area contributed by atoms with E-state index in [0.29, 0.717) is 25.2 Å². The number of likely N-dealkylation sites (N-methyl/N-ethyl adjacent to an activating group) is 1. The monoisotopic (exact) mass is 701 g/mol. The fraction of sp³-hybridized carbons (Fsp3) is 0.457. The Kier molecular flexibility index (Phi) is 12.7. The van der Waals surface area contributed by atoms with Crippen molar-refractivity contribution in [1.29, 1.82) is 0 Å². The maximum absolute atomic E-state index is 14.4. The molecular formula is C35H47N3O8S2. The van der Waals surface area contributed by atoms with Crippen LogP contribution < -0.4 is 9.46 Å². The summed E-state index contributed by atoms with van der Waals surface area (Å²) in [5.74, 6) is -0.527. The van der Waals surface area contributed by atoms with Crippen molar-refractivity contribution in [2.75, 3.05) is 38.1 Å². The van der Waals surface area contributed by atoms with Crippen molar-refractivity contribution in [3.63, 3.8) is 0 Å². The Balaban J connectivity index is 1.68. The second-order valence-electron chi connectivity index (χ2n) is 12.5. The molecule has 1 aliphatic rings. The lowest BCUT2D eigenvalue weighted by Gasteiger charge is -2.35. The third kappa shape index (κ3) is 9.35. The van der Waals surface area contributed by atoms with Crippen LogP contribution in [0.2, 0.25) is 0 Å². The summed E-state index contributed by atoms with van der Waals surface area (Å²) in [6.45, 7) is 7.59. The van der Waals surface area contributed by atoms with Gasteiger partial charge in [0.1, 0.15) is 5.75 Å². The van der Waals surface area contributed by atoms with Crippen LogP contribution in [0.5, 0.6) is 5.75 Å². The maximum Gasteiger partial charge on any atom is 0.261 e. The maximum atomic E-state index is 14.4. The summed E-state index contributed by atoms with van der Waals surface area (Å²) >= 11 is 0. The molecule has 1 amide bonds. The summed E-state index contributed by atoms with van der Waals surface area (Å²) in [7, 11) is -6.24. The summed E-state index contributed by atoms with van der Waals surface area (Å²) in [5.41, 5.74) is 1.23. The Morgan fingerprint density at radius 1 is 0.979 bits per heavy atom. The first-order chi connectivity index (χ1) is 22.7. The quantitative estimate of drug-likeness (QED) is 0.321. The molecule has 2 N–H and O–H groups in total. The molecule has 4 atom stereocenters. The van der Waals surface area contributed by atoms with E-state index in [1.54, 1.807) is 61.5 Å². The van der Waals surface area contributed by atoms with Crippen LogP contribution in [-0.2, 0) is 24.8 Å². The van der Waals surface area contributed by atoms with Crippen LogP contribution >= 0.6 is 0 Å². The number of benzene rings is 3. The molecule has 4 rings (SSSR count). The Morgan fingerprint density at radius 2 is 1.67 bits per heavy atom. The number of amides is 1. The first kappa shape index (κ1) is 37.3. The number of anilines is 1. The summed E-state index contributed by atoms with van der Waals surface area (Å²) in [4.78, 5) is 16.1. The van der Waals surface area contributed by atoms with E-state index < -0.39 is 38.1 Å². The van der Waals surface area contributed by atoms with E-state index in [-0.39, 0.29) is 52.8 Å². The van der Waals surface area contributed by atoms with Gasteiger partial charge < -0.3 is 19.5 Å². The molecule has 0 saturated carbocycles. The molecule has 0 fully saturated rings. The molecule has 0 radical (unpaired) electrons. The number of aryl methyl sites for hydroxylation is 1. The third-order valence-corrected chi connectivity index (χ3v) is 11.8. The van der Waals surface area contributed by atoms with E-state index in [1.165, 1.54) is 34.5 Å². The van der Waals surface area contributed by atoms with Crippen LogP contribution in [-0.4, -0.2) is 88.7 Å². The lowest BCUT2D eigenvalue weighted by Crippen LogP contribution is -2.48. The average molecular weight is 702 g/mol. The number of carbonyl (C=O) groups is 1. The zero-order valence-electron chi connectivity index (χ0n) is 28.2. The fourth-order valence-corrected chi connectivity index (χ4v) is 7.76. The van der Waals surface area contributed by atoms with Crippen LogP contribution in [0.3, 0.4) is 0 Å². The normalized spacial score (nSPS) is 20.8. The molecule has 0 bridgehead atoms. The van der Waals surface area contributed by atoms with E-state index >= 15 is 0 Å². The van der Waals surface area contributed by atoms with Crippen molar-refractivity contribution in [2.24, 2.45) is 5.92 Å². The van der Waals surface area contributed by atoms with Gasteiger partial charge in [-0.25, -0.2) is 16.8 Å². The van der Waals surface area contributed by atoms with Gasteiger partial charge in [0.15, 0.2) is 0 Å². The smallest absolute Gasteiger partial charge is 0.261 e. The van der Waals surface area contributed by atoms with E-state index in [0.717, 1.165) is 12.0 Å². The zero-order chi connectivity index (χ0) is 35.1. The molecule has 13 heteroatoms. The lowest BCUT2D eigenvalue weighted by atomic mass is 10.0. The third-order valence-electron chi connectivity index (χ3n) is 8.52. The number of aliphatic hydroxyl groups excluding tert-OH is 1. The number of rotatable bonds is 9. The molecule has 262 valence electrons. The van der Waals surface area contributed by atoms with Gasteiger partial charge in [-0.2, -0.15) is 4.31 Å². The van der Waals surface area contributed by atoms with Gasteiger partial charge in [0, 0.05) is 38.3 Å². The highest BCUT2D eigenvalue weighted by atomic mass is 32.2. The minimum absolute atomic E-state index is 0.0506. The highest BCUT2D eigenvalue weighted by molar-refractivity contribution is 7.92. The summed E-state index contributed by atoms with van der Waals surface area (Å²) in [6, 6.07) is 18.6. The van der Waals surface area contributed by atoms with Crippen LogP contribution in [0.4, 0.5) is 5.69 Å². The average Bonchev–Trinajstić information content (AvgIpc) is 3.06. The number of aliphatic hydroxyl groups is 1. The van der Waals surface area contributed by atoms with Gasteiger partial charge in [-0.1, -0.05) is 42.8 Å². The van der Waals surface area contributed by atoms with E-state index in [2.05, 4.69) is 4.72 Å². The molecule has 0 aliphatic carbocycles. The van der Waals surface area contributed by atoms with E-state index in [4.69, 9.17) is 9.47 Å². The Hall–Kier alpha value is -3.49. The summed E-state index contributed by atoms with van der Waals surface area (Å²) < 4.78 is 69.5. The molecular weight excluding hydrogens is 655 g/mol. The van der Waals surface area contributed by atoms with Crippen molar-refractivity contribution in [2.45, 2.75) is 75.0 Å². The Morgan fingerprint density at radius 3 is 2.33 bits per heavy atom. The fourth-order valence-electron chi connectivity index (χ4n) is 5.50. The molecule has 0 saturated heterocycles. The Bertz CT molecular complexity index is 1740. The topological polar surface area (TPSA) is 143 Å². The van der Waals surface area contributed by atoms with Gasteiger partial charge >= 0.3 is 0 Å². The lowest BCUT2D eigenvalue weighted by molar-refractivity contribution is -0.00833. The molecule has 0 unspecified atom stereocenters. The molecule has 1 heterocycles. The van der Waals surface area contributed by atoms with Crippen LogP contribution in [0.25, 0.3) is 0 Å². The minimum atomic E-state index is -3.95. The number of sulfonamides is 2. The predicted molar refractivity (Wildman–Crippen MR) is 185 cm³/mol. The van der Waals surface area contributed by atoms with Gasteiger partial charge in [-0.3, -0.25) is 9.52 Å². The van der Waals surface area contributed by atoms with Crippen molar-refractivity contribution in [1.82, 2.24) is 9.21 Å². The van der Waals surface area contributed by atoms with Gasteiger partial charge in [0.2, 0.25) is 10.0 Å². The summed E-state index contributed by atoms with van der Waals surface area (Å²) in [5, 5.41) is 10.2. The minimum Gasteiger partial charge on any atom is -0.490 e. The standard InChI is InChI=1S/C35H47N3O8S2/c1-25-14-17-30(18-15-25)47(41,42)36-29-16-19-33-32(21-29)35(40)38(27(3)24-39)22-26(2)34(45-20-10-9-11-28(4)46-33)23-37(5)48(43,44)31-12-7-6-8-13-31/h6-8,12-19,21,26-28,34,36,39H,9-11,20,22-24H2,1-5H3/t26-,27-,28-,34-/m1/s1. The first-order valence-electron chi connectivity index (χ1n) is 16.2. The first-order valence-corrected chi connectivity index (χ1v) is 19.1. The highest BCUT2D eigenvalue weighted by Crippen LogP contribution is 2.30. The van der Waals surface area contributed by atoms with Crippen LogP contribution in [0.1, 0.15) is 56.0 Å². The zero-order valence-corrected chi connectivity index (χ0v) is 29.8. The second-order valence-corrected chi connectivity index (χ2v) is 16.3. The number of nitrogens with zero attached hydrogens (tertiary/aromatic N) is 2. The molecule has 3 aromatic rings. The molecule has 48 heavy (non-hydrogen) atoms. The predicted octanol–water partition coefficient (Wildman–Crippen LogP) is 4.91. The van der Waals surface area contributed by atoms with Crippen molar-refractivity contribution in [3.05, 3.63) is 83.9 Å². The molecule has 1 aliphatic heterocycles. The van der Waals surface area contributed by atoms with Gasteiger partial charge in [-0.15, -0.1) is 0 Å². The Labute approximate surface area is 285 Å². The number of nitrogens with one attached hydrogen (secondary N) is 1. The number of fused-ring (bicyclic) bond motifs is 1. The SMILES string of the molecule is Cc1ccc(S(=O)(=O)Nc2ccc3c(c2)C(=O)N([C@H](C)CO)C[C@@H](C)[C@@H](CN(C)S(=O)(=O)c2ccccc2)OCCCC[C@@H](C)O3)cc1. The van der Waals surface area contributed by atoms with E-state index in [9.17, 15) is 26.7 Å². The molecule has 3 aromatic carbocycles. The number of hydrogen-bond acceptors (Lipinski definition) is 8. The second kappa shape index (κ2) is 16.3. The summed E-state index contributed by atoms with van der Waals surface area (Å²) in [6.07, 6.45) is 1.31. The molecule has 0 aromatic heterocycles. The number of ether oxygens (including phenoxy) is 2. The van der Waals surface area contributed by atoms with Crippen LogP contribution in [0, 0.1) is 12.8 Å². The van der Waals surface area contributed by atoms with Crippen molar-refractivity contribution in [3.8, 4) is 5.75 Å². The molecule has 11 nitrogen and oxygen atoms in total. The van der Waals surface area contributed by atoms with Gasteiger partial charge in [-0.05, 0) is 82.5 Å². The van der Waals surface area contributed by atoms with Gasteiger partial charge in [0.05, 0.1) is 40.2 Å². The van der Waals surface area contributed by atoms with Crippen molar-refractivity contribution >= 4 is 31.6 Å².